The highest BCUT2D eigenvalue weighted by atomic mass is 32.2. The molecule has 8 nitrogen and oxygen atoms in total. The molecule has 1 saturated heterocycles. The minimum atomic E-state index is -4.82. The van der Waals surface area contributed by atoms with E-state index in [1.807, 2.05) is 0 Å². The van der Waals surface area contributed by atoms with Gasteiger partial charge in [-0.1, -0.05) is 12.1 Å². The van der Waals surface area contributed by atoms with Crippen molar-refractivity contribution in [2.45, 2.75) is 23.7 Å². The number of benzene rings is 2. The van der Waals surface area contributed by atoms with Crippen molar-refractivity contribution in [2.24, 2.45) is 0 Å². The lowest BCUT2D eigenvalue weighted by Gasteiger charge is -2.34. The van der Waals surface area contributed by atoms with Crippen molar-refractivity contribution in [2.75, 3.05) is 26.2 Å². The van der Waals surface area contributed by atoms with Crippen molar-refractivity contribution in [1.29, 1.82) is 0 Å². The zero-order valence-corrected chi connectivity index (χ0v) is 19.7. The molecule has 15 heteroatoms. The van der Waals surface area contributed by atoms with Crippen molar-refractivity contribution < 1.29 is 39.6 Å². The molecule has 37 heavy (non-hydrogen) atoms. The summed E-state index contributed by atoms with van der Waals surface area (Å²) in [7, 11) is -4.36. The average Bonchev–Trinajstić information content (AvgIpc) is 3.38. The van der Waals surface area contributed by atoms with Crippen LogP contribution >= 0.6 is 0 Å². The molecule has 1 aromatic heterocycles. The van der Waals surface area contributed by atoms with Crippen molar-refractivity contribution in [3.63, 3.8) is 0 Å². The maximum Gasteiger partial charge on any atom is 0.416 e. The Labute approximate surface area is 207 Å². The Balaban J connectivity index is 1.47. The largest absolute Gasteiger partial charge is 0.416 e. The number of nitrogens with zero attached hydrogens (tertiary/aromatic N) is 4. The minimum absolute atomic E-state index is 0.0363. The average molecular weight is 547 g/mol. The number of carbonyl (C=O) groups is 1. The summed E-state index contributed by atoms with van der Waals surface area (Å²) >= 11 is 0. The van der Waals surface area contributed by atoms with E-state index in [0.29, 0.717) is 11.6 Å². The van der Waals surface area contributed by atoms with E-state index in [9.17, 15) is 39.6 Å². The molecule has 2 heterocycles. The highest BCUT2D eigenvalue weighted by molar-refractivity contribution is 7.89. The SMILES string of the molecule is O=C(Cc1ccc(C(F)(F)F)cc1)N1CCN(S(=O)(=O)c2cc(-c3nc[nH]n3)cc(C(F)(F)F)c2)CC1. The number of H-pyrrole nitrogens is 1. The molecule has 0 bridgehead atoms. The standard InChI is InChI=1S/C22H19F6N5O3S/c23-21(24,25)16-3-1-14(2-4-16)9-19(34)32-5-7-33(8-6-32)37(35,36)18-11-15(20-29-13-30-31-20)10-17(12-18)22(26,27)28/h1-4,10-13H,5-9H2,(H,29,30,31). The van der Waals surface area contributed by atoms with E-state index in [2.05, 4.69) is 15.2 Å². The van der Waals surface area contributed by atoms with Gasteiger partial charge in [0.2, 0.25) is 15.9 Å². The van der Waals surface area contributed by atoms with E-state index in [4.69, 9.17) is 0 Å². The second-order valence-corrected chi connectivity index (χ2v) is 10.2. The summed E-state index contributed by atoms with van der Waals surface area (Å²) in [6.45, 7) is -0.419. The predicted octanol–water partition coefficient (Wildman–Crippen LogP) is 3.58. The molecule has 0 aliphatic carbocycles. The lowest BCUT2D eigenvalue weighted by Crippen LogP contribution is -2.50. The molecular formula is C22H19F6N5O3S. The zero-order valence-electron chi connectivity index (χ0n) is 18.8. The van der Waals surface area contributed by atoms with Crippen LogP contribution in [0.2, 0.25) is 0 Å². The number of sulfonamides is 1. The number of nitrogens with one attached hydrogen (secondary N) is 1. The first-order valence-electron chi connectivity index (χ1n) is 10.8. The molecule has 198 valence electrons. The number of piperazine rings is 1. The lowest BCUT2D eigenvalue weighted by atomic mass is 10.1. The summed E-state index contributed by atoms with van der Waals surface area (Å²) in [6.07, 6.45) is -8.36. The Bertz CT molecular complexity index is 1370. The molecule has 1 amide bonds. The van der Waals surface area contributed by atoms with E-state index in [1.54, 1.807) is 0 Å². The quantitative estimate of drug-likeness (QED) is 0.493. The number of amides is 1. The lowest BCUT2D eigenvalue weighted by molar-refractivity contribution is -0.138. The van der Waals surface area contributed by atoms with Crippen LogP contribution in [0, 0.1) is 0 Å². The highest BCUT2D eigenvalue weighted by Gasteiger charge is 2.36. The second-order valence-electron chi connectivity index (χ2n) is 8.22. The van der Waals surface area contributed by atoms with E-state index in [1.165, 1.54) is 17.0 Å². The van der Waals surface area contributed by atoms with Crippen LogP contribution in [-0.4, -0.2) is 64.9 Å². The number of halogens is 6. The molecular weight excluding hydrogens is 528 g/mol. The Morgan fingerprint density at radius 2 is 1.51 bits per heavy atom. The van der Waals surface area contributed by atoms with Crippen LogP contribution in [-0.2, 0) is 33.6 Å². The van der Waals surface area contributed by atoms with Crippen LogP contribution < -0.4 is 0 Å². The monoisotopic (exact) mass is 547 g/mol. The molecule has 0 unspecified atom stereocenters. The number of alkyl halides is 6. The molecule has 1 aliphatic rings. The molecule has 1 aliphatic heterocycles. The first-order chi connectivity index (χ1) is 17.2. The fourth-order valence-electron chi connectivity index (χ4n) is 3.81. The van der Waals surface area contributed by atoms with Crippen molar-refractivity contribution in [3.05, 3.63) is 65.5 Å². The highest BCUT2D eigenvalue weighted by Crippen LogP contribution is 2.35. The van der Waals surface area contributed by atoms with Gasteiger partial charge in [-0.25, -0.2) is 13.4 Å². The number of aromatic amines is 1. The van der Waals surface area contributed by atoms with Gasteiger partial charge in [-0.05, 0) is 35.9 Å². The van der Waals surface area contributed by atoms with Gasteiger partial charge in [0.05, 0.1) is 22.4 Å². The van der Waals surface area contributed by atoms with Crippen molar-refractivity contribution in [1.82, 2.24) is 24.4 Å². The Hall–Kier alpha value is -3.46. The number of rotatable bonds is 5. The molecule has 2 aromatic carbocycles. The maximum atomic E-state index is 13.5. The third-order valence-electron chi connectivity index (χ3n) is 5.77. The molecule has 1 N–H and O–H groups in total. The van der Waals surface area contributed by atoms with Gasteiger partial charge < -0.3 is 4.90 Å². The number of hydrogen-bond acceptors (Lipinski definition) is 5. The third kappa shape index (κ3) is 5.93. The van der Waals surface area contributed by atoms with Gasteiger partial charge in [-0.3, -0.25) is 9.89 Å². The summed E-state index contributed by atoms with van der Waals surface area (Å²) in [5, 5.41) is 6.07. The smallest absolute Gasteiger partial charge is 0.340 e. The van der Waals surface area contributed by atoms with Crippen molar-refractivity contribution >= 4 is 15.9 Å². The third-order valence-corrected chi connectivity index (χ3v) is 7.65. The number of hydrogen-bond donors (Lipinski definition) is 1. The zero-order chi connectivity index (χ0) is 27.0. The molecule has 1 fully saturated rings. The summed E-state index contributed by atoms with van der Waals surface area (Å²) in [5.41, 5.74) is -1.81. The topological polar surface area (TPSA) is 99.3 Å². The van der Waals surface area contributed by atoms with Gasteiger partial charge in [0.1, 0.15) is 6.33 Å². The number of carbonyl (C=O) groups excluding carboxylic acids is 1. The first kappa shape index (κ1) is 26.6. The molecule has 0 spiro atoms. The summed E-state index contributed by atoms with van der Waals surface area (Å²) in [5.74, 6) is -0.524. The molecule has 3 aromatic rings. The van der Waals surface area contributed by atoms with E-state index >= 15 is 0 Å². The molecule has 0 saturated carbocycles. The molecule has 4 rings (SSSR count). The van der Waals surface area contributed by atoms with Crippen molar-refractivity contribution in [3.8, 4) is 11.4 Å². The van der Waals surface area contributed by atoms with Crippen LogP contribution in [0.15, 0.2) is 53.7 Å². The van der Waals surface area contributed by atoms with Gasteiger partial charge in [0.25, 0.3) is 0 Å². The Morgan fingerprint density at radius 1 is 0.892 bits per heavy atom. The first-order valence-corrected chi connectivity index (χ1v) is 12.2. The van der Waals surface area contributed by atoms with Gasteiger partial charge in [-0.15, -0.1) is 0 Å². The van der Waals surface area contributed by atoms with Gasteiger partial charge in [0, 0.05) is 31.7 Å². The van der Waals surface area contributed by atoms with E-state index in [-0.39, 0.29) is 44.0 Å². The fourth-order valence-corrected chi connectivity index (χ4v) is 5.31. The van der Waals surface area contributed by atoms with Crippen LogP contribution in [0.1, 0.15) is 16.7 Å². The fraction of sp³-hybridized carbons (Fsp3) is 0.318. The normalized spacial score (nSPS) is 15.7. The maximum absolute atomic E-state index is 13.5. The number of aromatic nitrogens is 3. The predicted molar refractivity (Wildman–Crippen MR) is 117 cm³/mol. The van der Waals surface area contributed by atoms with E-state index < -0.39 is 44.3 Å². The Morgan fingerprint density at radius 3 is 2.05 bits per heavy atom. The Kier molecular flexibility index (Phi) is 7.03. The van der Waals surface area contributed by atoms with Crippen LogP contribution in [0.4, 0.5) is 26.3 Å². The minimum Gasteiger partial charge on any atom is -0.340 e. The molecule has 0 atom stereocenters. The van der Waals surface area contributed by atoms with Crippen LogP contribution in [0.5, 0.6) is 0 Å². The van der Waals surface area contributed by atoms with Gasteiger partial charge in [0.15, 0.2) is 5.82 Å². The summed E-state index contributed by atoms with van der Waals surface area (Å²) in [6, 6.07) is 6.47. The second kappa shape index (κ2) is 9.78. The summed E-state index contributed by atoms with van der Waals surface area (Å²) in [4.78, 5) is 17.1. The summed E-state index contributed by atoms with van der Waals surface area (Å²) < 4.78 is 106. The van der Waals surface area contributed by atoms with Crippen LogP contribution in [0.3, 0.4) is 0 Å². The van der Waals surface area contributed by atoms with Gasteiger partial charge in [-0.2, -0.15) is 35.7 Å². The van der Waals surface area contributed by atoms with Gasteiger partial charge >= 0.3 is 12.4 Å². The van der Waals surface area contributed by atoms with Crippen LogP contribution in [0.25, 0.3) is 11.4 Å². The molecule has 0 radical (unpaired) electrons. The van der Waals surface area contributed by atoms with E-state index in [0.717, 1.165) is 34.9 Å².